The number of nitrogens with two attached hydrogens (primary N) is 1. The Balaban J connectivity index is 1.31. The van der Waals surface area contributed by atoms with E-state index in [4.69, 9.17) is 5.73 Å². The SMILES string of the molecule is Cc1ccc(/C=C(\NC(=O)c2ccccc2)C(=O)Nc2ccc(SC(C(=O)Nc3ccc(C(N)=O)cc3)c3ccccc3)cc2)cc1. The average Bonchev–Trinajstić information content (AvgIpc) is 3.09. The zero-order valence-corrected chi connectivity index (χ0v) is 26.3. The van der Waals surface area contributed by atoms with Gasteiger partial charge in [0.05, 0.1) is 0 Å². The molecule has 1 unspecified atom stereocenters. The van der Waals surface area contributed by atoms with Crippen LogP contribution in [0.2, 0.25) is 0 Å². The Hall–Kier alpha value is -5.93. The van der Waals surface area contributed by atoms with Gasteiger partial charge in [0.1, 0.15) is 10.9 Å². The summed E-state index contributed by atoms with van der Waals surface area (Å²) in [5.74, 6) is -1.68. The third kappa shape index (κ3) is 9.06. The van der Waals surface area contributed by atoms with E-state index in [-0.39, 0.29) is 11.6 Å². The lowest BCUT2D eigenvalue weighted by Crippen LogP contribution is -2.30. The minimum absolute atomic E-state index is 0.0887. The van der Waals surface area contributed by atoms with Crippen LogP contribution >= 0.6 is 11.8 Å². The van der Waals surface area contributed by atoms with Crippen molar-refractivity contribution in [3.8, 4) is 0 Å². The van der Waals surface area contributed by atoms with Crippen molar-refractivity contribution < 1.29 is 19.2 Å². The van der Waals surface area contributed by atoms with Gasteiger partial charge in [0.2, 0.25) is 11.8 Å². The third-order valence-electron chi connectivity index (χ3n) is 7.06. The van der Waals surface area contributed by atoms with E-state index < -0.39 is 23.0 Å². The Morgan fingerprint density at radius 1 is 0.660 bits per heavy atom. The van der Waals surface area contributed by atoms with E-state index in [0.717, 1.165) is 21.6 Å². The predicted molar refractivity (Wildman–Crippen MR) is 187 cm³/mol. The second kappa shape index (κ2) is 15.4. The molecule has 0 aliphatic rings. The largest absolute Gasteiger partial charge is 0.366 e. The summed E-state index contributed by atoms with van der Waals surface area (Å²) in [7, 11) is 0. The number of rotatable bonds is 11. The van der Waals surface area contributed by atoms with Gasteiger partial charge in [-0.05, 0) is 84.8 Å². The van der Waals surface area contributed by atoms with Crippen LogP contribution in [0.15, 0.2) is 144 Å². The molecule has 0 aliphatic heterocycles. The molecule has 0 spiro atoms. The van der Waals surface area contributed by atoms with Crippen molar-refractivity contribution in [2.45, 2.75) is 17.1 Å². The second-order valence-electron chi connectivity index (χ2n) is 10.6. The highest BCUT2D eigenvalue weighted by Crippen LogP contribution is 2.36. The highest BCUT2D eigenvalue weighted by Gasteiger charge is 2.23. The fraction of sp³-hybridized carbons (Fsp3) is 0.0526. The monoisotopic (exact) mass is 640 g/mol. The maximum atomic E-state index is 13.5. The summed E-state index contributed by atoms with van der Waals surface area (Å²) in [6.45, 7) is 1.97. The van der Waals surface area contributed by atoms with Crippen LogP contribution < -0.4 is 21.7 Å². The molecule has 5 aromatic carbocycles. The lowest BCUT2D eigenvalue weighted by Gasteiger charge is -2.18. The first kappa shape index (κ1) is 32.5. The number of aryl methyl sites for hydroxylation is 1. The van der Waals surface area contributed by atoms with Crippen LogP contribution in [0, 0.1) is 6.92 Å². The number of benzene rings is 5. The number of nitrogens with one attached hydrogen (secondary N) is 3. The first-order valence-electron chi connectivity index (χ1n) is 14.7. The Bertz CT molecular complexity index is 1890. The molecular weight excluding hydrogens is 609 g/mol. The molecule has 234 valence electrons. The van der Waals surface area contributed by atoms with Crippen LogP contribution in [0.5, 0.6) is 0 Å². The van der Waals surface area contributed by atoms with Gasteiger partial charge in [-0.3, -0.25) is 19.2 Å². The van der Waals surface area contributed by atoms with Gasteiger partial charge in [0.15, 0.2) is 0 Å². The summed E-state index contributed by atoms with van der Waals surface area (Å²) in [5.41, 5.74) is 9.88. The van der Waals surface area contributed by atoms with E-state index in [0.29, 0.717) is 22.5 Å². The normalized spacial score (nSPS) is 11.6. The van der Waals surface area contributed by atoms with Gasteiger partial charge < -0.3 is 21.7 Å². The van der Waals surface area contributed by atoms with Gasteiger partial charge in [-0.25, -0.2) is 0 Å². The molecule has 47 heavy (non-hydrogen) atoms. The Morgan fingerprint density at radius 2 is 1.23 bits per heavy atom. The molecule has 0 bridgehead atoms. The lowest BCUT2D eigenvalue weighted by molar-refractivity contribution is -0.116. The number of hydrogen-bond donors (Lipinski definition) is 4. The van der Waals surface area contributed by atoms with E-state index in [9.17, 15) is 19.2 Å². The van der Waals surface area contributed by atoms with E-state index in [1.807, 2.05) is 79.7 Å². The summed E-state index contributed by atoms with van der Waals surface area (Å²) < 4.78 is 0. The minimum Gasteiger partial charge on any atom is -0.366 e. The summed E-state index contributed by atoms with van der Waals surface area (Å²) in [6.07, 6.45) is 1.63. The summed E-state index contributed by atoms with van der Waals surface area (Å²) in [4.78, 5) is 52.1. The standard InChI is InChI=1S/C38H32N4O4S/c1-25-12-14-26(15-13-25)24-33(42-36(44)29-10-6-3-7-11-29)37(45)40-31-20-22-32(23-21-31)47-34(27-8-4-2-5-9-27)38(46)41-30-18-16-28(17-19-30)35(39)43/h2-24,34H,1H3,(H2,39,43)(H,40,45)(H,41,46)(H,42,44)/b33-24-. The number of carbonyl (C=O) groups excluding carboxylic acids is 4. The molecule has 0 saturated heterocycles. The molecule has 0 fully saturated rings. The van der Waals surface area contributed by atoms with Crippen molar-refractivity contribution in [2.24, 2.45) is 5.73 Å². The number of primary amides is 1. The lowest BCUT2D eigenvalue weighted by atomic mass is 10.1. The van der Waals surface area contributed by atoms with E-state index in [1.54, 1.807) is 66.7 Å². The fourth-order valence-corrected chi connectivity index (χ4v) is 5.57. The average molecular weight is 641 g/mol. The van der Waals surface area contributed by atoms with Crippen LogP contribution in [0.1, 0.15) is 42.7 Å². The van der Waals surface area contributed by atoms with Crippen LogP contribution in [-0.2, 0) is 9.59 Å². The van der Waals surface area contributed by atoms with Gasteiger partial charge in [-0.2, -0.15) is 0 Å². The topological polar surface area (TPSA) is 130 Å². The van der Waals surface area contributed by atoms with E-state index in [2.05, 4.69) is 16.0 Å². The molecule has 0 radical (unpaired) electrons. The van der Waals surface area contributed by atoms with Crippen molar-refractivity contribution in [2.75, 3.05) is 10.6 Å². The molecule has 8 nitrogen and oxygen atoms in total. The van der Waals surface area contributed by atoms with E-state index >= 15 is 0 Å². The molecule has 5 N–H and O–H groups in total. The third-order valence-corrected chi connectivity index (χ3v) is 8.33. The first-order chi connectivity index (χ1) is 22.7. The first-order valence-corrected chi connectivity index (χ1v) is 15.6. The van der Waals surface area contributed by atoms with Gasteiger partial charge in [-0.1, -0.05) is 78.4 Å². The highest BCUT2D eigenvalue weighted by atomic mass is 32.2. The fourth-order valence-electron chi connectivity index (χ4n) is 4.55. The number of hydrogen-bond acceptors (Lipinski definition) is 5. The summed E-state index contributed by atoms with van der Waals surface area (Å²) in [6, 6.07) is 39.2. The summed E-state index contributed by atoms with van der Waals surface area (Å²) >= 11 is 1.35. The molecule has 9 heteroatoms. The van der Waals surface area contributed by atoms with Gasteiger partial charge in [0, 0.05) is 27.4 Å². The highest BCUT2D eigenvalue weighted by molar-refractivity contribution is 8.00. The van der Waals surface area contributed by atoms with Crippen molar-refractivity contribution in [3.63, 3.8) is 0 Å². The van der Waals surface area contributed by atoms with Crippen molar-refractivity contribution >= 4 is 52.8 Å². The predicted octanol–water partition coefficient (Wildman–Crippen LogP) is 6.98. The molecular formula is C38H32N4O4S. The molecule has 5 rings (SSSR count). The molecule has 0 saturated carbocycles. The number of amides is 4. The molecule has 5 aromatic rings. The van der Waals surface area contributed by atoms with Crippen molar-refractivity contribution in [1.82, 2.24) is 5.32 Å². The van der Waals surface area contributed by atoms with Gasteiger partial charge in [0.25, 0.3) is 11.8 Å². The second-order valence-corrected chi connectivity index (χ2v) is 11.8. The number of thioether (sulfide) groups is 1. The Labute approximate surface area is 277 Å². The van der Waals surface area contributed by atoms with Crippen LogP contribution in [0.4, 0.5) is 11.4 Å². The quantitative estimate of drug-likeness (QED) is 0.0915. The minimum atomic E-state index is -0.593. The number of anilines is 2. The molecule has 0 aromatic heterocycles. The van der Waals surface area contributed by atoms with Gasteiger partial charge >= 0.3 is 0 Å². The summed E-state index contributed by atoms with van der Waals surface area (Å²) in [5, 5.41) is 7.94. The van der Waals surface area contributed by atoms with Crippen molar-refractivity contribution in [1.29, 1.82) is 0 Å². The van der Waals surface area contributed by atoms with Crippen LogP contribution in [0.25, 0.3) is 6.08 Å². The smallest absolute Gasteiger partial charge is 0.272 e. The zero-order chi connectivity index (χ0) is 33.2. The van der Waals surface area contributed by atoms with Crippen LogP contribution in [-0.4, -0.2) is 23.6 Å². The molecule has 1 atom stereocenters. The molecule has 4 amide bonds. The van der Waals surface area contributed by atoms with Gasteiger partial charge in [-0.15, -0.1) is 11.8 Å². The Morgan fingerprint density at radius 3 is 1.85 bits per heavy atom. The maximum absolute atomic E-state index is 13.5. The maximum Gasteiger partial charge on any atom is 0.272 e. The Kier molecular flexibility index (Phi) is 10.6. The van der Waals surface area contributed by atoms with E-state index in [1.165, 1.54) is 11.8 Å². The van der Waals surface area contributed by atoms with Crippen LogP contribution in [0.3, 0.4) is 0 Å². The molecule has 0 aliphatic carbocycles. The molecule has 0 heterocycles. The van der Waals surface area contributed by atoms with Crippen molar-refractivity contribution in [3.05, 3.63) is 167 Å². The zero-order valence-electron chi connectivity index (χ0n) is 25.5. The number of carbonyl (C=O) groups is 4.